The zero-order chi connectivity index (χ0) is 16.9. The molecule has 1 amide bonds. The lowest BCUT2D eigenvalue weighted by molar-refractivity contribution is -0.142. The molecule has 0 aromatic carbocycles. The molecule has 3 aromatic heterocycles. The standard InChI is InChI=1S/C15H11F3N4O2/c16-15(17,18)12-6-9(11-2-1-5-24-11)20-13-7-10(21-22(12)13)14(23)19-8-3-4-8/h1-2,5-8H,3-4H2,(H,19,23). The molecule has 0 bridgehead atoms. The van der Waals surface area contributed by atoms with Gasteiger partial charge in [-0.15, -0.1) is 0 Å². The van der Waals surface area contributed by atoms with Gasteiger partial charge in [0.1, 0.15) is 5.69 Å². The number of nitrogens with zero attached hydrogens (tertiary/aromatic N) is 3. The van der Waals surface area contributed by atoms with Crippen molar-refractivity contribution in [3.05, 3.63) is 41.9 Å². The Kier molecular flexibility index (Phi) is 3.12. The Morgan fingerprint density at radius 2 is 2.12 bits per heavy atom. The lowest BCUT2D eigenvalue weighted by atomic mass is 10.2. The van der Waals surface area contributed by atoms with E-state index in [1.54, 1.807) is 6.07 Å². The highest BCUT2D eigenvalue weighted by atomic mass is 19.4. The predicted molar refractivity (Wildman–Crippen MR) is 76.2 cm³/mol. The number of rotatable bonds is 3. The molecule has 9 heteroatoms. The lowest BCUT2D eigenvalue weighted by Gasteiger charge is -2.09. The number of halogens is 3. The number of fused-ring (bicyclic) bond motifs is 1. The molecule has 0 saturated heterocycles. The first-order valence-electron chi connectivity index (χ1n) is 7.24. The maximum Gasteiger partial charge on any atom is 0.433 e. The molecule has 0 unspecified atom stereocenters. The summed E-state index contributed by atoms with van der Waals surface area (Å²) in [4.78, 5) is 16.1. The molecule has 1 N–H and O–H groups in total. The number of hydrogen-bond acceptors (Lipinski definition) is 4. The number of hydrogen-bond donors (Lipinski definition) is 1. The van der Waals surface area contributed by atoms with E-state index >= 15 is 0 Å². The molecular formula is C15H11F3N4O2. The average Bonchev–Trinajstić information content (AvgIpc) is 3.04. The van der Waals surface area contributed by atoms with Crippen LogP contribution in [0.25, 0.3) is 17.1 Å². The van der Waals surface area contributed by atoms with Crippen molar-refractivity contribution in [1.29, 1.82) is 0 Å². The fourth-order valence-electron chi connectivity index (χ4n) is 2.32. The SMILES string of the molecule is O=C(NC1CC1)c1cc2nc(-c3ccco3)cc(C(F)(F)F)n2n1. The van der Waals surface area contributed by atoms with Crippen molar-refractivity contribution < 1.29 is 22.4 Å². The second-order valence-electron chi connectivity index (χ2n) is 5.55. The third-order valence-electron chi connectivity index (χ3n) is 3.64. The van der Waals surface area contributed by atoms with E-state index < -0.39 is 17.8 Å². The molecule has 1 fully saturated rings. The Bertz CT molecular complexity index is 911. The van der Waals surface area contributed by atoms with Gasteiger partial charge in [-0.2, -0.15) is 18.3 Å². The van der Waals surface area contributed by atoms with Crippen LogP contribution < -0.4 is 5.32 Å². The van der Waals surface area contributed by atoms with Gasteiger partial charge in [0.05, 0.1) is 6.26 Å². The number of carbonyl (C=O) groups excluding carboxylic acids is 1. The van der Waals surface area contributed by atoms with Crippen LogP contribution in [0.5, 0.6) is 0 Å². The van der Waals surface area contributed by atoms with Gasteiger partial charge in [-0.25, -0.2) is 9.50 Å². The quantitative estimate of drug-likeness (QED) is 0.798. The summed E-state index contributed by atoms with van der Waals surface area (Å²) in [6.07, 6.45) is -1.57. The van der Waals surface area contributed by atoms with Gasteiger partial charge in [0, 0.05) is 12.1 Å². The highest BCUT2D eigenvalue weighted by Gasteiger charge is 2.36. The largest absolute Gasteiger partial charge is 0.463 e. The normalized spacial score (nSPS) is 15.0. The van der Waals surface area contributed by atoms with Crippen molar-refractivity contribution in [3.8, 4) is 11.5 Å². The summed E-state index contributed by atoms with van der Waals surface area (Å²) in [5.74, 6) is -0.302. The van der Waals surface area contributed by atoms with Crippen LogP contribution in [-0.4, -0.2) is 26.5 Å². The summed E-state index contributed by atoms with van der Waals surface area (Å²) in [6.45, 7) is 0. The van der Waals surface area contributed by atoms with Crippen molar-refractivity contribution in [1.82, 2.24) is 19.9 Å². The van der Waals surface area contributed by atoms with Gasteiger partial charge in [0.2, 0.25) is 0 Å². The summed E-state index contributed by atoms with van der Waals surface area (Å²) >= 11 is 0. The maximum absolute atomic E-state index is 13.4. The fourth-order valence-corrected chi connectivity index (χ4v) is 2.32. The van der Waals surface area contributed by atoms with Crippen molar-refractivity contribution >= 4 is 11.6 Å². The number of alkyl halides is 3. The minimum absolute atomic E-state index is 0.0221. The molecule has 0 atom stereocenters. The molecule has 3 aromatic rings. The van der Waals surface area contributed by atoms with Crippen molar-refractivity contribution in [2.24, 2.45) is 0 Å². The maximum atomic E-state index is 13.4. The molecule has 1 aliphatic rings. The topological polar surface area (TPSA) is 72.4 Å². The van der Waals surface area contributed by atoms with Crippen LogP contribution in [0.1, 0.15) is 29.0 Å². The van der Waals surface area contributed by atoms with Crippen LogP contribution in [0.15, 0.2) is 34.9 Å². The first-order valence-corrected chi connectivity index (χ1v) is 7.24. The molecule has 24 heavy (non-hydrogen) atoms. The Morgan fingerprint density at radius 3 is 2.75 bits per heavy atom. The number of nitrogens with one attached hydrogen (secondary N) is 1. The van der Waals surface area contributed by atoms with Crippen LogP contribution in [0.2, 0.25) is 0 Å². The third-order valence-corrected chi connectivity index (χ3v) is 3.64. The second-order valence-corrected chi connectivity index (χ2v) is 5.55. The van der Waals surface area contributed by atoms with Crippen LogP contribution in [-0.2, 0) is 6.18 Å². The van der Waals surface area contributed by atoms with Gasteiger partial charge in [-0.1, -0.05) is 0 Å². The molecule has 124 valence electrons. The Hall–Kier alpha value is -2.84. The van der Waals surface area contributed by atoms with Gasteiger partial charge in [-0.05, 0) is 31.0 Å². The molecule has 6 nitrogen and oxygen atoms in total. The van der Waals surface area contributed by atoms with Gasteiger partial charge in [-0.3, -0.25) is 4.79 Å². The van der Waals surface area contributed by atoms with Gasteiger partial charge in [0.15, 0.2) is 22.8 Å². The molecular weight excluding hydrogens is 325 g/mol. The Morgan fingerprint density at radius 1 is 1.33 bits per heavy atom. The van der Waals surface area contributed by atoms with Crippen LogP contribution >= 0.6 is 0 Å². The molecule has 4 rings (SSSR count). The number of carbonyl (C=O) groups is 1. The average molecular weight is 336 g/mol. The minimum atomic E-state index is -4.65. The lowest BCUT2D eigenvalue weighted by Crippen LogP contribution is -2.25. The highest BCUT2D eigenvalue weighted by Crippen LogP contribution is 2.32. The zero-order valence-corrected chi connectivity index (χ0v) is 12.2. The monoisotopic (exact) mass is 336 g/mol. The van der Waals surface area contributed by atoms with Crippen molar-refractivity contribution in [2.45, 2.75) is 25.1 Å². The summed E-state index contributed by atoms with van der Waals surface area (Å²) in [6, 6.07) is 5.23. The zero-order valence-electron chi connectivity index (χ0n) is 12.2. The number of furan rings is 1. The number of aromatic nitrogens is 3. The summed E-state index contributed by atoms with van der Waals surface area (Å²) in [7, 11) is 0. The molecule has 0 spiro atoms. The Labute approximate surface area is 133 Å². The second kappa shape index (κ2) is 5.08. The molecule has 3 heterocycles. The van der Waals surface area contributed by atoms with E-state index in [-0.39, 0.29) is 28.8 Å². The third kappa shape index (κ3) is 2.61. The Balaban J connectivity index is 1.85. The summed E-state index contributed by atoms with van der Waals surface area (Å²) < 4.78 is 45.8. The summed E-state index contributed by atoms with van der Waals surface area (Å²) in [5, 5.41) is 6.46. The van der Waals surface area contributed by atoms with Crippen molar-refractivity contribution in [3.63, 3.8) is 0 Å². The van der Waals surface area contributed by atoms with Crippen LogP contribution in [0, 0.1) is 0 Å². The van der Waals surface area contributed by atoms with Gasteiger partial charge >= 0.3 is 6.18 Å². The van der Waals surface area contributed by atoms with Crippen molar-refractivity contribution in [2.75, 3.05) is 0 Å². The fraction of sp³-hybridized carbons (Fsp3) is 0.267. The van der Waals surface area contributed by atoms with E-state index in [1.165, 1.54) is 18.4 Å². The molecule has 0 radical (unpaired) electrons. The molecule has 1 saturated carbocycles. The molecule has 1 aliphatic carbocycles. The molecule has 0 aliphatic heterocycles. The van der Waals surface area contributed by atoms with E-state index in [9.17, 15) is 18.0 Å². The van der Waals surface area contributed by atoms with E-state index in [0.717, 1.165) is 18.9 Å². The van der Waals surface area contributed by atoms with E-state index in [1.807, 2.05) is 0 Å². The number of amides is 1. The minimum Gasteiger partial charge on any atom is -0.463 e. The highest BCUT2D eigenvalue weighted by molar-refractivity contribution is 5.93. The van der Waals surface area contributed by atoms with Crippen LogP contribution in [0.4, 0.5) is 13.2 Å². The van der Waals surface area contributed by atoms with Gasteiger partial charge in [0.25, 0.3) is 5.91 Å². The van der Waals surface area contributed by atoms with Crippen LogP contribution in [0.3, 0.4) is 0 Å². The first kappa shape index (κ1) is 14.7. The van der Waals surface area contributed by atoms with E-state index in [0.29, 0.717) is 4.52 Å². The predicted octanol–water partition coefficient (Wildman–Crippen LogP) is 2.90. The first-order chi connectivity index (χ1) is 11.4. The smallest absolute Gasteiger partial charge is 0.433 e. The van der Waals surface area contributed by atoms with Gasteiger partial charge < -0.3 is 9.73 Å². The van der Waals surface area contributed by atoms with E-state index in [4.69, 9.17) is 4.42 Å². The summed E-state index contributed by atoms with van der Waals surface area (Å²) in [5.41, 5.74) is -1.17. The van der Waals surface area contributed by atoms with E-state index in [2.05, 4.69) is 15.4 Å².